The number of nitro benzene ring substituents is 1. The number of hydrogen-bond acceptors (Lipinski definition) is 5. The van der Waals surface area contributed by atoms with E-state index in [4.69, 9.17) is 16.3 Å². The highest BCUT2D eigenvalue weighted by Crippen LogP contribution is 2.29. The van der Waals surface area contributed by atoms with Gasteiger partial charge in [0.2, 0.25) is 0 Å². The third-order valence-electron chi connectivity index (χ3n) is 2.70. The van der Waals surface area contributed by atoms with Crippen LogP contribution in [0.5, 0.6) is 5.75 Å². The normalized spacial score (nSPS) is 10.2. The molecule has 6 nitrogen and oxygen atoms in total. The minimum atomic E-state index is -0.503. The van der Waals surface area contributed by atoms with E-state index in [1.165, 1.54) is 18.2 Å². The Hall–Kier alpha value is -2.34. The lowest BCUT2D eigenvalue weighted by Gasteiger charge is -2.09. The minimum Gasteiger partial charge on any atom is -0.486 e. The minimum absolute atomic E-state index is 0.0698. The van der Waals surface area contributed by atoms with Crippen LogP contribution in [0.4, 0.5) is 11.4 Å². The third kappa shape index (κ3) is 4.06. The van der Waals surface area contributed by atoms with Crippen molar-refractivity contribution in [3.63, 3.8) is 0 Å². The number of nitrogens with zero attached hydrogens (tertiary/aromatic N) is 2. The largest absolute Gasteiger partial charge is 0.486 e. The summed E-state index contributed by atoms with van der Waals surface area (Å²) < 4.78 is 5.55. The maximum absolute atomic E-state index is 10.6. The van der Waals surface area contributed by atoms with Crippen LogP contribution >= 0.6 is 11.6 Å². The summed E-state index contributed by atoms with van der Waals surface area (Å²) in [6, 6.07) is 7.84. The van der Waals surface area contributed by atoms with Crippen LogP contribution in [0.1, 0.15) is 12.6 Å². The molecule has 110 valence electrons. The summed E-state index contributed by atoms with van der Waals surface area (Å²) in [5, 5.41) is 14.0. The van der Waals surface area contributed by atoms with Gasteiger partial charge in [0, 0.05) is 30.6 Å². The van der Waals surface area contributed by atoms with Crippen LogP contribution in [0.25, 0.3) is 0 Å². The highest BCUT2D eigenvalue weighted by atomic mass is 35.5. The molecule has 7 heteroatoms. The van der Waals surface area contributed by atoms with Crippen molar-refractivity contribution in [2.75, 3.05) is 11.9 Å². The van der Waals surface area contributed by atoms with Gasteiger partial charge in [-0.05, 0) is 25.1 Å². The number of aromatic nitrogens is 1. The maximum atomic E-state index is 10.6. The number of rotatable bonds is 6. The molecule has 0 atom stereocenters. The fourth-order valence-corrected chi connectivity index (χ4v) is 1.97. The van der Waals surface area contributed by atoms with Crippen molar-refractivity contribution in [2.24, 2.45) is 0 Å². The highest BCUT2D eigenvalue weighted by molar-refractivity contribution is 6.32. The van der Waals surface area contributed by atoms with Gasteiger partial charge < -0.3 is 10.1 Å². The summed E-state index contributed by atoms with van der Waals surface area (Å²) >= 11 is 5.96. The Morgan fingerprint density at radius 1 is 1.38 bits per heavy atom. The SMILES string of the molecule is CCNc1ccnc(COc2ccc([N+](=O)[O-])cc2Cl)c1. The fourth-order valence-electron chi connectivity index (χ4n) is 1.74. The number of halogens is 1. The molecule has 0 saturated carbocycles. The maximum Gasteiger partial charge on any atom is 0.271 e. The van der Waals surface area contributed by atoms with E-state index in [0.29, 0.717) is 5.75 Å². The number of nitrogens with one attached hydrogen (secondary N) is 1. The molecule has 0 aliphatic heterocycles. The Balaban J connectivity index is 2.06. The van der Waals surface area contributed by atoms with Gasteiger partial charge in [-0.2, -0.15) is 0 Å². The zero-order valence-corrected chi connectivity index (χ0v) is 12.1. The van der Waals surface area contributed by atoms with Crippen molar-refractivity contribution in [1.29, 1.82) is 0 Å². The molecule has 0 bridgehead atoms. The van der Waals surface area contributed by atoms with Gasteiger partial charge in [-0.15, -0.1) is 0 Å². The topological polar surface area (TPSA) is 77.3 Å². The molecule has 0 saturated heterocycles. The van der Waals surface area contributed by atoms with Crippen LogP contribution in [0.3, 0.4) is 0 Å². The van der Waals surface area contributed by atoms with Gasteiger partial charge in [-0.3, -0.25) is 15.1 Å². The molecule has 2 rings (SSSR count). The van der Waals surface area contributed by atoms with E-state index in [9.17, 15) is 10.1 Å². The van der Waals surface area contributed by atoms with E-state index in [2.05, 4.69) is 10.3 Å². The highest BCUT2D eigenvalue weighted by Gasteiger charge is 2.10. The molecule has 0 fully saturated rings. The standard InChI is InChI=1S/C14H14ClN3O3/c1-2-16-10-5-6-17-11(7-10)9-21-14-4-3-12(18(19)20)8-13(14)15/h3-8H,2,9H2,1H3,(H,16,17). The number of hydrogen-bond donors (Lipinski definition) is 1. The molecule has 0 radical (unpaired) electrons. The monoisotopic (exact) mass is 307 g/mol. The predicted molar refractivity (Wildman–Crippen MR) is 80.8 cm³/mol. The number of benzene rings is 1. The van der Waals surface area contributed by atoms with Crippen LogP contribution in [-0.2, 0) is 6.61 Å². The van der Waals surface area contributed by atoms with Crippen molar-refractivity contribution in [1.82, 2.24) is 4.98 Å². The van der Waals surface area contributed by atoms with Crippen LogP contribution in [0, 0.1) is 10.1 Å². The molecule has 1 aromatic heterocycles. The quantitative estimate of drug-likeness (QED) is 0.651. The molecule has 0 amide bonds. The van der Waals surface area contributed by atoms with Crippen LogP contribution in [-0.4, -0.2) is 16.5 Å². The van der Waals surface area contributed by atoms with Crippen molar-refractivity contribution >= 4 is 23.0 Å². The fraction of sp³-hybridized carbons (Fsp3) is 0.214. The van der Waals surface area contributed by atoms with Crippen molar-refractivity contribution in [3.8, 4) is 5.75 Å². The van der Waals surface area contributed by atoms with Gasteiger partial charge in [0.25, 0.3) is 5.69 Å². The zero-order chi connectivity index (χ0) is 15.2. The van der Waals surface area contributed by atoms with Crippen LogP contribution in [0.2, 0.25) is 5.02 Å². The zero-order valence-electron chi connectivity index (χ0n) is 11.4. The smallest absolute Gasteiger partial charge is 0.271 e. The average Bonchev–Trinajstić information content (AvgIpc) is 2.46. The first kappa shape index (κ1) is 15.1. The number of non-ortho nitro benzene ring substituents is 1. The van der Waals surface area contributed by atoms with Gasteiger partial charge in [0.1, 0.15) is 12.4 Å². The van der Waals surface area contributed by atoms with Crippen LogP contribution in [0.15, 0.2) is 36.5 Å². The van der Waals surface area contributed by atoms with E-state index in [0.717, 1.165) is 17.9 Å². The summed E-state index contributed by atoms with van der Waals surface area (Å²) in [6.07, 6.45) is 1.69. The first-order valence-corrected chi connectivity index (χ1v) is 6.73. The van der Waals surface area contributed by atoms with Gasteiger partial charge in [-0.25, -0.2) is 0 Å². The Morgan fingerprint density at radius 3 is 2.86 bits per heavy atom. The molecule has 0 unspecified atom stereocenters. The van der Waals surface area contributed by atoms with E-state index in [1.807, 2.05) is 19.1 Å². The molecule has 2 aromatic rings. The second kappa shape index (κ2) is 6.90. The van der Waals surface area contributed by atoms with Crippen molar-refractivity contribution < 1.29 is 9.66 Å². The Labute approximate surface area is 126 Å². The lowest BCUT2D eigenvalue weighted by atomic mass is 10.3. The molecule has 0 spiro atoms. The first-order chi connectivity index (χ1) is 10.1. The van der Waals surface area contributed by atoms with Gasteiger partial charge in [0.05, 0.1) is 15.6 Å². The van der Waals surface area contributed by atoms with E-state index < -0.39 is 4.92 Å². The number of ether oxygens (including phenoxy) is 1. The van der Waals surface area contributed by atoms with Gasteiger partial charge in [-0.1, -0.05) is 11.6 Å². The third-order valence-corrected chi connectivity index (χ3v) is 2.99. The molecule has 0 aliphatic carbocycles. The Morgan fingerprint density at radius 2 is 2.19 bits per heavy atom. The number of pyridine rings is 1. The lowest BCUT2D eigenvalue weighted by molar-refractivity contribution is -0.384. The first-order valence-electron chi connectivity index (χ1n) is 6.35. The number of anilines is 1. The summed E-state index contributed by atoms with van der Waals surface area (Å²) in [6.45, 7) is 3.06. The van der Waals surface area contributed by atoms with E-state index in [1.54, 1.807) is 6.20 Å². The van der Waals surface area contributed by atoms with Gasteiger partial charge >= 0.3 is 0 Å². The molecule has 1 aromatic carbocycles. The molecule has 1 heterocycles. The van der Waals surface area contributed by atoms with Gasteiger partial charge in [0.15, 0.2) is 0 Å². The van der Waals surface area contributed by atoms with Crippen LogP contribution < -0.4 is 10.1 Å². The predicted octanol–water partition coefficient (Wildman–Crippen LogP) is 3.65. The van der Waals surface area contributed by atoms with Crippen molar-refractivity contribution in [3.05, 3.63) is 57.4 Å². The summed E-state index contributed by atoms with van der Waals surface area (Å²) in [4.78, 5) is 14.3. The molecule has 21 heavy (non-hydrogen) atoms. The Bertz CT molecular complexity index is 649. The van der Waals surface area contributed by atoms with E-state index >= 15 is 0 Å². The summed E-state index contributed by atoms with van der Waals surface area (Å²) in [5.41, 5.74) is 1.63. The van der Waals surface area contributed by atoms with Crippen molar-refractivity contribution in [2.45, 2.75) is 13.5 Å². The lowest BCUT2D eigenvalue weighted by Crippen LogP contribution is -2.02. The summed E-state index contributed by atoms with van der Waals surface area (Å²) in [5.74, 6) is 0.387. The molecular weight excluding hydrogens is 294 g/mol. The second-order valence-electron chi connectivity index (χ2n) is 4.23. The molecule has 0 aliphatic rings. The second-order valence-corrected chi connectivity index (χ2v) is 4.63. The Kier molecular flexibility index (Phi) is 4.94. The number of nitro groups is 1. The molecular formula is C14H14ClN3O3. The average molecular weight is 308 g/mol. The van der Waals surface area contributed by atoms with E-state index in [-0.39, 0.29) is 17.3 Å². The molecule has 1 N–H and O–H groups in total. The summed E-state index contributed by atoms with van der Waals surface area (Å²) in [7, 11) is 0.